The Hall–Kier alpha value is -2.60. The normalized spacial score (nSPS) is 13.2. The highest BCUT2D eigenvalue weighted by molar-refractivity contribution is 7.99. The number of anilines is 1. The molecule has 1 heterocycles. The molecule has 0 aliphatic carbocycles. The number of carbonyl (C=O) groups is 1. The van der Waals surface area contributed by atoms with Gasteiger partial charge in [0.25, 0.3) is 5.56 Å². The summed E-state index contributed by atoms with van der Waals surface area (Å²) in [7, 11) is 0. The molecule has 0 bridgehead atoms. The van der Waals surface area contributed by atoms with Crippen molar-refractivity contribution in [3.05, 3.63) is 64.4 Å². The van der Waals surface area contributed by atoms with Crippen LogP contribution in [-0.2, 0) is 4.79 Å². The molecule has 0 saturated heterocycles. The first kappa shape index (κ1) is 22.1. The maximum absolute atomic E-state index is 13.0. The van der Waals surface area contributed by atoms with E-state index in [1.807, 2.05) is 44.2 Å². The van der Waals surface area contributed by atoms with Gasteiger partial charge in [0.05, 0.1) is 16.7 Å². The molecule has 1 N–H and O–H groups in total. The van der Waals surface area contributed by atoms with Crippen LogP contribution in [0.2, 0.25) is 0 Å². The van der Waals surface area contributed by atoms with Crippen LogP contribution in [-0.4, -0.2) is 21.2 Å². The molecule has 0 aliphatic rings. The number of rotatable bonds is 8. The molecule has 1 amide bonds. The van der Waals surface area contributed by atoms with Crippen LogP contribution < -0.4 is 10.9 Å². The first-order valence-electron chi connectivity index (χ1n) is 10.5. The predicted octanol–water partition coefficient (Wildman–Crippen LogP) is 5.61. The number of carbonyl (C=O) groups excluding carboxylic acids is 1. The zero-order chi connectivity index (χ0) is 21.7. The Morgan fingerprint density at radius 1 is 1.07 bits per heavy atom. The third-order valence-electron chi connectivity index (χ3n) is 5.52. The van der Waals surface area contributed by atoms with E-state index in [1.54, 1.807) is 10.6 Å². The summed E-state index contributed by atoms with van der Waals surface area (Å²) in [5.74, 6) is 0.574. The Morgan fingerprint density at radius 2 is 1.77 bits per heavy atom. The third kappa shape index (κ3) is 4.93. The Morgan fingerprint density at radius 3 is 2.43 bits per heavy atom. The summed E-state index contributed by atoms with van der Waals surface area (Å²) >= 11 is 1.30. The van der Waals surface area contributed by atoms with E-state index in [2.05, 4.69) is 36.3 Å². The van der Waals surface area contributed by atoms with E-state index >= 15 is 0 Å². The third-order valence-corrected chi connectivity index (χ3v) is 6.47. The van der Waals surface area contributed by atoms with Crippen molar-refractivity contribution in [2.24, 2.45) is 0 Å². The monoisotopic (exact) mass is 423 g/mol. The first-order valence-corrected chi connectivity index (χ1v) is 11.5. The van der Waals surface area contributed by atoms with E-state index in [4.69, 9.17) is 0 Å². The van der Waals surface area contributed by atoms with Gasteiger partial charge in [0.15, 0.2) is 5.16 Å². The molecule has 0 saturated carbocycles. The topological polar surface area (TPSA) is 64.0 Å². The van der Waals surface area contributed by atoms with Gasteiger partial charge in [-0.05, 0) is 55.5 Å². The lowest BCUT2D eigenvalue weighted by atomic mass is 9.99. The molecule has 2 unspecified atom stereocenters. The van der Waals surface area contributed by atoms with Crippen LogP contribution in [0.15, 0.2) is 58.5 Å². The number of benzene rings is 2. The van der Waals surface area contributed by atoms with Gasteiger partial charge < -0.3 is 5.32 Å². The molecule has 3 aromatic rings. The second-order valence-electron chi connectivity index (χ2n) is 7.61. The highest BCUT2D eigenvalue weighted by Crippen LogP contribution is 2.23. The molecule has 3 rings (SSSR count). The summed E-state index contributed by atoms with van der Waals surface area (Å²) in [5.41, 5.74) is 2.64. The van der Waals surface area contributed by atoms with Crippen molar-refractivity contribution < 1.29 is 4.79 Å². The standard InChI is InChI=1S/C24H29N3O2S/c1-5-16(3)18-11-13-19(14-12-18)25-22(28)15-30-24-26-21-10-8-7-9-20(21)23(29)27(24)17(4)6-2/h7-14,16-17H,5-6,15H2,1-4H3,(H,25,28). The zero-order valence-electron chi connectivity index (χ0n) is 18.0. The first-order chi connectivity index (χ1) is 14.4. The quantitative estimate of drug-likeness (QED) is 0.378. The van der Waals surface area contributed by atoms with Gasteiger partial charge in [-0.1, -0.05) is 56.8 Å². The number of hydrogen-bond acceptors (Lipinski definition) is 4. The molecule has 2 aromatic carbocycles. The summed E-state index contributed by atoms with van der Waals surface area (Å²) in [6.07, 6.45) is 1.89. The van der Waals surface area contributed by atoms with Gasteiger partial charge in [-0.15, -0.1) is 0 Å². The van der Waals surface area contributed by atoms with Crippen molar-refractivity contribution in [2.45, 2.75) is 57.7 Å². The highest BCUT2D eigenvalue weighted by Gasteiger charge is 2.16. The fraction of sp³-hybridized carbons (Fsp3) is 0.375. The maximum atomic E-state index is 13.0. The summed E-state index contributed by atoms with van der Waals surface area (Å²) in [5, 5.41) is 4.12. The van der Waals surface area contributed by atoms with Crippen LogP contribution in [0.4, 0.5) is 5.69 Å². The number of thioether (sulfide) groups is 1. The summed E-state index contributed by atoms with van der Waals surface area (Å²) in [6.45, 7) is 8.40. The smallest absolute Gasteiger partial charge is 0.262 e. The molecule has 0 spiro atoms. The van der Waals surface area contributed by atoms with Crippen molar-refractivity contribution >= 4 is 34.3 Å². The van der Waals surface area contributed by atoms with Crippen LogP contribution in [0.3, 0.4) is 0 Å². The molecular formula is C24H29N3O2S. The minimum Gasteiger partial charge on any atom is -0.325 e. The van der Waals surface area contributed by atoms with Crippen molar-refractivity contribution in [1.82, 2.24) is 9.55 Å². The molecule has 0 fully saturated rings. The number of para-hydroxylation sites is 1. The van der Waals surface area contributed by atoms with E-state index in [9.17, 15) is 9.59 Å². The van der Waals surface area contributed by atoms with E-state index in [1.165, 1.54) is 17.3 Å². The van der Waals surface area contributed by atoms with Gasteiger partial charge in [0.2, 0.25) is 5.91 Å². The molecule has 2 atom stereocenters. The highest BCUT2D eigenvalue weighted by atomic mass is 32.2. The minimum absolute atomic E-state index is 0.00765. The Kier molecular flexibility index (Phi) is 7.32. The molecule has 158 valence electrons. The van der Waals surface area contributed by atoms with Gasteiger partial charge in [-0.3, -0.25) is 14.2 Å². The molecular weight excluding hydrogens is 394 g/mol. The fourth-order valence-corrected chi connectivity index (χ4v) is 4.15. The number of hydrogen-bond donors (Lipinski definition) is 1. The van der Waals surface area contributed by atoms with E-state index in [0.717, 1.165) is 18.5 Å². The maximum Gasteiger partial charge on any atom is 0.262 e. The minimum atomic E-state index is -0.116. The van der Waals surface area contributed by atoms with Crippen molar-refractivity contribution in [3.8, 4) is 0 Å². The average molecular weight is 424 g/mol. The second-order valence-corrected chi connectivity index (χ2v) is 8.55. The van der Waals surface area contributed by atoms with Gasteiger partial charge in [0.1, 0.15) is 0 Å². The summed E-state index contributed by atoms with van der Waals surface area (Å²) in [4.78, 5) is 30.2. The van der Waals surface area contributed by atoms with Gasteiger partial charge in [-0.25, -0.2) is 4.98 Å². The van der Waals surface area contributed by atoms with Crippen molar-refractivity contribution in [1.29, 1.82) is 0 Å². The summed E-state index contributed by atoms with van der Waals surface area (Å²) in [6, 6.07) is 15.3. The lowest BCUT2D eigenvalue weighted by Gasteiger charge is -2.18. The molecule has 30 heavy (non-hydrogen) atoms. The number of nitrogens with zero attached hydrogens (tertiary/aromatic N) is 2. The lowest BCUT2D eigenvalue weighted by molar-refractivity contribution is -0.113. The Bertz CT molecular complexity index is 1080. The lowest BCUT2D eigenvalue weighted by Crippen LogP contribution is -2.26. The van der Waals surface area contributed by atoms with Crippen LogP contribution >= 0.6 is 11.8 Å². The Labute approximate surface area is 181 Å². The zero-order valence-corrected chi connectivity index (χ0v) is 18.8. The second kappa shape index (κ2) is 9.94. The van der Waals surface area contributed by atoms with Gasteiger partial charge >= 0.3 is 0 Å². The fourth-order valence-electron chi connectivity index (χ4n) is 3.26. The molecule has 6 heteroatoms. The molecule has 5 nitrogen and oxygen atoms in total. The molecule has 1 aromatic heterocycles. The SMILES string of the molecule is CCC(C)c1ccc(NC(=O)CSc2nc3ccccc3c(=O)n2C(C)CC)cc1. The number of aromatic nitrogens is 2. The largest absolute Gasteiger partial charge is 0.325 e. The predicted molar refractivity (Wildman–Crippen MR) is 126 cm³/mol. The number of nitrogens with one attached hydrogen (secondary N) is 1. The Balaban J connectivity index is 1.76. The summed E-state index contributed by atoms with van der Waals surface area (Å²) < 4.78 is 1.71. The number of amides is 1. The van der Waals surface area contributed by atoms with E-state index < -0.39 is 0 Å². The average Bonchev–Trinajstić information content (AvgIpc) is 2.77. The van der Waals surface area contributed by atoms with Crippen molar-refractivity contribution in [3.63, 3.8) is 0 Å². The van der Waals surface area contributed by atoms with E-state index in [0.29, 0.717) is 22.0 Å². The van der Waals surface area contributed by atoms with Crippen LogP contribution in [0, 0.1) is 0 Å². The van der Waals surface area contributed by atoms with Gasteiger partial charge in [-0.2, -0.15) is 0 Å². The molecule has 0 radical (unpaired) electrons. The van der Waals surface area contributed by atoms with Crippen LogP contribution in [0.25, 0.3) is 10.9 Å². The van der Waals surface area contributed by atoms with E-state index in [-0.39, 0.29) is 23.3 Å². The van der Waals surface area contributed by atoms with Crippen LogP contribution in [0.1, 0.15) is 58.1 Å². The number of fused-ring (bicyclic) bond motifs is 1. The van der Waals surface area contributed by atoms with Gasteiger partial charge in [0, 0.05) is 11.7 Å². The molecule has 0 aliphatic heterocycles. The van der Waals surface area contributed by atoms with Crippen molar-refractivity contribution in [2.75, 3.05) is 11.1 Å². The van der Waals surface area contributed by atoms with Crippen LogP contribution in [0.5, 0.6) is 0 Å².